The van der Waals surface area contributed by atoms with Gasteiger partial charge in [0.05, 0.1) is 25.5 Å². The molecule has 0 saturated heterocycles. The lowest BCUT2D eigenvalue weighted by Gasteiger charge is -2.04. The van der Waals surface area contributed by atoms with Crippen LogP contribution in [0.4, 0.5) is 0 Å². The Labute approximate surface area is 89.3 Å². The van der Waals surface area contributed by atoms with Crippen LogP contribution in [-0.4, -0.2) is 19.5 Å². The van der Waals surface area contributed by atoms with E-state index in [4.69, 9.17) is 9.47 Å². The Balaban J connectivity index is 2.81. The number of ketones is 1. The van der Waals surface area contributed by atoms with Crippen molar-refractivity contribution in [2.24, 2.45) is 0 Å². The van der Waals surface area contributed by atoms with E-state index in [1.54, 1.807) is 25.3 Å². The molecule has 1 rings (SSSR count). The summed E-state index contributed by atoms with van der Waals surface area (Å²) in [5, 5.41) is 0. The van der Waals surface area contributed by atoms with Crippen molar-refractivity contribution in [1.29, 1.82) is 0 Å². The maximum Gasteiger partial charge on any atom is 0.192 e. The standard InChI is InChI=1S/C12H14O3/c1-3-15-9-8-11(13)10-6-4-5-7-12(10)14-2/h4-9H,3H2,1-2H3. The van der Waals surface area contributed by atoms with Gasteiger partial charge in [-0.15, -0.1) is 0 Å². The van der Waals surface area contributed by atoms with E-state index in [0.29, 0.717) is 17.9 Å². The number of allylic oxidation sites excluding steroid dienone is 1. The van der Waals surface area contributed by atoms with Crippen LogP contribution in [0.25, 0.3) is 0 Å². The van der Waals surface area contributed by atoms with E-state index < -0.39 is 0 Å². The van der Waals surface area contributed by atoms with E-state index in [1.165, 1.54) is 12.3 Å². The predicted octanol–water partition coefficient (Wildman–Crippen LogP) is 2.43. The summed E-state index contributed by atoms with van der Waals surface area (Å²) in [4.78, 5) is 11.7. The van der Waals surface area contributed by atoms with Crippen LogP contribution in [0.2, 0.25) is 0 Å². The summed E-state index contributed by atoms with van der Waals surface area (Å²) in [6.07, 6.45) is 2.79. The normalized spacial score (nSPS) is 10.3. The van der Waals surface area contributed by atoms with Gasteiger partial charge in [-0.3, -0.25) is 4.79 Å². The number of hydrogen-bond donors (Lipinski definition) is 0. The van der Waals surface area contributed by atoms with Crippen LogP contribution in [0.3, 0.4) is 0 Å². The highest BCUT2D eigenvalue weighted by molar-refractivity contribution is 6.06. The van der Waals surface area contributed by atoms with Crippen LogP contribution in [-0.2, 0) is 4.74 Å². The second kappa shape index (κ2) is 5.86. The molecule has 0 amide bonds. The second-order valence-electron chi connectivity index (χ2n) is 2.82. The molecule has 0 aliphatic carbocycles. The smallest absolute Gasteiger partial charge is 0.192 e. The highest BCUT2D eigenvalue weighted by Gasteiger charge is 2.07. The first kappa shape index (κ1) is 11.3. The molecule has 0 spiro atoms. The molecule has 0 heterocycles. The van der Waals surface area contributed by atoms with Crippen molar-refractivity contribution >= 4 is 5.78 Å². The maximum absolute atomic E-state index is 11.7. The molecule has 0 N–H and O–H groups in total. The summed E-state index contributed by atoms with van der Waals surface area (Å²) in [5.41, 5.74) is 0.538. The molecule has 3 nitrogen and oxygen atoms in total. The Morgan fingerprint density at radius 1 is 1.40 bits per heavy atom. The zero-order valence-corrected chi connectivity index (χ0v) is 8.90. The topological polar surface area (TPSA) is 35.5 Å². The van der Waals surface area contributed by atoms with Gasteiger partial charge >= 0.3 is 0 Å². The summed E-state index contributed by atoms with van der Waals surface area (Å²) in [6, 6.07) is 7.09. The van der Waals surface area contributed by atoms with Gasteiger partial charge in [-0.1, -0.05) is 12.1 Å². The van der Waals surface area contributed by atoms with Crippen LogP contribution in [0, 0.1) is 0 Å². The van der Waals surface area contributed by atoms with E-state index >= 15 is 0 Å². The SMILES string of the molecule is CCOC=CC(=O)c1ccccc1OC. The number of ether oxygens (including phenoxy) is 2. The van der Waals surface area contributed by atoms with Crippen LogP contribution in [0.1, 0.15) is 17.3 Å². The predicted molar refractivity (Wildman–Crippen MR) is 58.1 cm³/mol. The first-order chi connectivity index (χ1) is 7.29. The second-order valence-corrected chi connectivity index (χ2v) is 2.82. The lowest BCUT2D eigenvalue weighted by molar-refractivity contribution is 0.104. The van der Waals surface area contributed by atoms with Crippen LogP contribution in [0.15, 0.2) is 36.6 Å². The molecule has 80 valence electrons. The summed E-state index contributed by atoms with van der Waals surface area (Å²) in [6.45, 7) is 2.41. The van der Waals surface area contributed by atoms with Crippen molar-refractivity contribution in [1.82, 2.24) is 0 Å². The zero-order chi connectivity index (χ0) is 11.1. The molecule has 0 fully saturated rings. The quantitative estimate of drug-likeness (QED) is 0.421. The molecule has 1 aromatic carbocycles. The van der Waals surface area contributed by atoms with Crippen LogP contribution in [0.5, 0.6) is 5.75 Å². The lowest BCUT2D eigenvalue weighted by Crippen LogP contribution is -1.98. The van der Waals surface area contributed by atoms with Gasteiger partial charge < -0.3 is 9.47 Å². The summed E-state index contributed by atoms with van der Waals surface area (Å²) >= 11 is 0. The fraction of sp³-hybridized carbons (Fsp3) is 0.250. The monoisotopic (exact) mass is 206 g/mol. The Kier molecular flexibility index (Phi) is 4.41. The first-order valence-electron chi connectivity index (χ1n) is 4.75. The highest BCUT2D eigenvalue weighted by atomic mass is 16.5. The molecule has 0 bridgehead atoms. The largest absolute Gasteiger partial charge is 0.501 e. The minimum atomic E-state index is -0.124. The van der Waals surface area contributed by atoms with E-state index in [2.05, 4.69) is 0 Å². The number of para-hydroxylation sites is 1. The van der Waals surface area contributed by atoms with Crippen LogP contribution >= 0.6 is 0 Å². The minimum absolute atomic E-state index is 0.124. The average molecular weight is 206 g/mol. The highest BCUT2D eigenvalue weighted by Crippen LogP contribution is 2.17. The summed E-state index contributed by atoms with van der Waals surface area (Å²) < 4.78 is 10.0. The van der Waals surface area contributed by atoms with Gasteiger partial charge in [0.1, 0.15) is 5.75 Å². The molecule has 1 aromatic rings. The van der Waals surface area contributed by atoms with Gasteiger partial charge in [0, 0.05) is 6.08 Å². The number of carbonyl (C=O) groups excluding carboxylic acids is 1. The van der Waals surface area contributed by atoms with Gasteiger partial charge in [-0.25, -0.2) is 0 Å². The number of benzene rings is 1. The molecule has 0 saturated carbocycles. The van der Waals surface area contributed by atoms with Crippen molar-refractivity contribution in [2.45, 2.75) is 6.92 Å². The third-order valence-corrected chi connectivity index (χ3v) is 1.85. The van der Waals surface area contributed by atoms with Gasteiger partial charge in [0.15, 0.2) is 5.78 Å². The minimum Gasteiger partial charge on any atom is -0.501 e. The van der Waals surface area contributed by atoms with Gasteiger partial charge in [-0.2, -0.15) is 0 Å². The molecule has 0 unspecified atom stereocenters. The van der Waals surface area contributed by atoms with E-state index in [9.17, 15) is 4.79 Å². The molecule has 0 aliphatic heterocycles. The molecule has 0 aromatic heterocycles. The molecule has 0 aliphatic rings. The third-order valence-electron chi connectivity index (χ3n) is 1.85. The Hall–Kier alpha value is -1.77. The Morgan fingerprint density at radius 2 is 2.13 bits per heavy atom. The van der Waals surface area contributed by atoms with Crippen molar-refractivity contribution in [3.8, 4) is 5.75 Å². The van der Waals surface area contributed by atoms with Gasteiger partial charge in [0.2, 0.25) is 0 Å². The van der Waals surface area contributed by atoms with Crippen molar-refractivity contribution in [2.75, 3.05) is 13.7 Å². The van der Waals surface area contributed by atoms with Crippen molar-refractivity contribution in [3.63, 3.8) is 0 Å². The molecule has 15 heavy (non-hydrogen) atoms. The number of rotatable bonds is 5. The molecule has 3 heteroatoms. The Morgan fingerprint density at radius 3 is 2.80 bits per heavy atom. The fourth-order valence-corrected chi connectivity index (χ4v) is 1.14. The summed E-state index contributed by atoms with van der Waals surface area (Å²) in [5.74, 6) is 0.449. The Bertz CT molecular complexity index is 356. The first-order valence-corrected chi connectivity index (χ1v) is 4.75. The van der Waals surface area contributed by atoms with E-state index in [0.717, 1.165) is 0 Å². The maximum atomic E-state index is 11.7. The van der Waals surface area contributed by atoms with Gasteiger partial charge in [0.25, 0.3) is 0 Å². The lowest BCUT2D eigenvalue weighted by atomic mass is 10.1. The van der Waals surface area contributed by atoms with Crippen molar-refractivity contribution < 1.29 is 14.3 Å². The molecule has 0 atom stereocenters. The molecule has 0 radical (unpaired) electrons. The average Bonchev–Trinajstić information content (AvgIpc) is 2.29. The van der Waals surface area contributed by atoms with E-state index in [1.807, 2.05) is 13.0 Å². The number of hydrogen-bond acceptors (Lipinski definition) is 3. The number of methoxy groups -OCH3 is 1. The number of carbonyl (C=O) groups is 1. The molecular formula is C12H14O3. The van der Waals surface area contributed by atoms with Gasteiger partial charge in [-0.05, 0) is 19.1 Å². The summed E-state index contributed by atoms with van der Waals surface area (Å²) in [7, 11) is 1.54. The van der Waals surface area contributed by atoms with E-state index in [-0.39, 0.29) is 5.78 Å². The third kappa shape index (κ3) is 3.13. The zero-order valence-electron chi connectivity index (χ0n) is 8.90. The van der Waals surface area contributed by atoms with Crippen molar-refractivity contribution in [3.05, 3.63) is 42.2 Å². The molecular weight excluding hydrogens is 192 g/mol. The van der Waals surface area contributed by atoms with Crippen LogP contribution < -0.4 is 4.74 Å². The fourth-order valence-electron chi connectivity index (χ4n) is 1.14.